The first kappa shape index (κ1) is 46.6. The van der Waals surface area contributed by atoms with Crippen molar-refractivity contribution in [1.82, 2.24) is 4.90 Å². The number of benzene rings is 1. The molecule has 7 unspecified atom stereocenters. The van der Waals surface area contributed by atoms with E-state index in [4.69, 9.17) is 44.8 Å². The van der Waals surface area contributed by atoms with Crippen LogP contribution in [0.15, 0.2) is 24.3 Å². The molecule has 13 nitrogen and oxygen atoms in total. The molecule has 4 heterocycles. The van der Waals surface area contributed by atoms with Gasteiger partial charge in [0.1, 0.15) is 23.9 Å². The van der Waals surface area contributed by atoms with Crippen LogP contribution in [-0.2, 0) is 44.5 Å². The number of cyclic esters (lactones) is 1. The summed E-state index contributed by atoms with van der Waals surface area (Å²) in [5.41, 5.74) is -2.80. The van der Waals surface area contributed by atoms with Crippen molar-refractivity contribution in [3.05, 3.63) is 34.9 Å². The maximum atomic E-state index is 14.4. The zero-order valence-corrected chi connectivity index (χ0v) is 36.7. The largest absolute Gasteiger partial charge is 0.459 e. The fraction of sp³-hybridized carbons (Fsp3) is 0.837. The Labute approximate surface area is 344 Å². The van der Waals surface area contributed by atoms with Gasteiger partial charge in [-0.2, -0.15) is 0 Å². The lowest BCUT2D eigenvalue weighted by atomic mass is 9.76. The summed E-state index contributed by atoms with van der Waals surface area (Å²) in [6.07, 6.45) is -7.95. The highest BCUT2D eigenvalue weighted by molar-refractivity contribution is 6.30. The van der Waals surface area contributed by atoms with Gasteiger partial charge in [0.25, 0.3) is 0 Å². The molecular formula is C43H70ClNO12. The van der Waals surface area contributed by atoms with Crippen LogP contribution in [0.4, 0.5) is 0 Å². The number of nitrogens with zero attached hydrogens (tertiary/aromatic N) is 1. The van der Waals surface area contributed by atoms with E-state index < -0.39 is 102 Å². The van der Waals surface area contributed by atoms with Gasteiger partial charge in [-0.15, -0.1) is 0 Å². The van der Waals surface area contributed by atoms with Crippen molar-refractivity contribution in [3.8, 4) is 0 Å². The summed E-state index contributed by atoms with van der Waals surface area (Å²) >= 11 is 6.30. The molecule has 326 valence electrons. The van der Waals surface area contributed by atoms with E-state index in [1.807, 2.05) is 59.0 Å². The van der Waals surface area contributed by atoms with E-state index in [0.717, 1.165) is 5.56 Å². The molecule has 0 saturated carbocycles. The van der Waals surface area contributed by atoms with Gasteiger partial charge >= 0.3 is 5.97 Å². The number of aliphatic hydroxyl groups excluding tert-OH is 3. The third kappa shape index (κ3) is 9.71. The number of carbonyl (C=O) groups excluding carboxylic acids is 1. The molecule has 1 aromatic rings. The molecule has 5 rings (SSSR count). The number of halogens is 1. The first-order chi connectivity index (χ1) is 26.6. The predicted molar refractivity (Wildman–Crippen MR) is 213 cm³/mol. The van der Waals surface area contributed by atoms with Gasteiger partial charge in [0, 0.05) is 43.0 Å². The van der Waals surface area contributed by atoms with Crippen molar-refractivity contribution in [3.63, 3.8) is 0 Å². The maximum absolute atomic E-state index is 14.4. The lowest BCUT2D eigenvalue weighted by molar-refractivity contribution is -0.318. The van der Waals surface area contributed by atoms with Crippen molar-refractivity contribution < 1.29 is 58.4 Å². The molecule has 1 aromatic carbocycles. The van der Waals surface area contributed by atoms with Gasteiger partial charge in [0.15, 0.2) is 12.6 Å². The minimum absolute atomic E-state index is 0.0885. The summed E-state index contributed by atoms with van der Waals surface area (Å²) in [4.78, 5) is 16.5. The number of ether oxygens (including phenoxy) is 7. The van der Waals surface area contributed by atoms with E-state index in [1.54, 1.807) is 27.7 Å². The minimum Gasteiger partial charge on any atom is -0.459 e. The number of hydrogen-bond donors (Lipinski definition) is 4. The van der Waals surface area contributed by atoms with Gasteiger partial charge in [0.2, 0.25) is 0 Å². The second-order valence-corrected chi connectivity index (χ2v) is 18.8. The molecule has 0 aromatic heterocycles. The molecule has 4 saturated heterocycles. The first-order valence-corrected chi connectivity index (χ1v) is 21.2. The molecule has 19 atom stereocenters. The Morgan fingerprint density at radius 2 is 1.74 bits per heavy atom. The van der Waals surface area contributed by atoms with Crippen LogP contribution in [0.3, 0.4) is 0 Å². The van der Waals surface area contributed by atoms with E-state index in [2.05, 4.69) is 11.8 Å². The Hall–Kier alpha value is -1.46. The third-order valence-corrected chi connectivity index (χ3v) is 13.8. The quantitative estimate of drug-likeness (QED) is 0.224. The van der Waals surface area contributed by atoms with E-state index in [1.165, 1.54) is 14.0 Å². The average molecular weight is 828 g/mol. The van der Waals surface area contributed by atoms with E-state index >= 15 is 0 Å². The van der Waals surface area contributed by atoms with Crippen LogP contribution >= 0.6 is 11.6 Å². The summed E-state index contributed by atoms with van der Waals surface area (Å²) in [5.74, 6) is -2.82. The monoisotopic (exact) mass is 827 g/mol. The van der Waals surface area contributed by atoms with Crippen LogP contribution in [0, 0.1) is 23.7 Å². The average Bonchev–Trinajstić information content (AvgIpc) is 3.47. The topological polar surface area (TPSA) is 166 Å². The van der Waals surface area contributed by atoms with Crippen LogP contribution in [0.1, 0.15) is 100 Å². The van der Waals surface area contributed by atoms with Gasteiger partial charge in [-0.05, 0) is 91.5 Å². The zero-order chi connectivity index (χ0) is 42.4. The Balaban J connectivity index is 1.55. The number of likely N-dealkylation sites (N-methyl/N-ethyl adjacent to an activating group) is 1. The molecule has 14 heteroatoms. The lowest BCUT2D eigenvalue weighted by Crippen LogP contribution is -2.60. The Bertz CT molecular complexity index is 1500. The maximum Gasteiger partial charge on any atom is 0.311 e. The SMILES string of the molecule is CC[C@@H](O)[C@@](C)(O)[C@@H]1OC(=O)[C@H](C)[C@@H](O[C@H]2CC(C)(OC)[C@@H](O)C(C)O2)[C@H](C)[C@@H](O[C@@H]2OC(C)CC(N(C)Cc3cccc(Cl)c3)C2O)[C@]2(C)CC(C)C(O2)[C@@H]1C. The molecule has 57 heavy (non-hydrogen) atoms. The number of esters is 1. The van der Waals surface area contributed by atoms with Gasteiger partial charge in [-0.1, -0.05) is 51.4 Å². The van der Waals surface area contributed by atoms with Crippen LogP contribution < -0.4 is 0 Å². The highest BCUT2D eigenvalue weighted by atomic mass is 35.5. The number of fused-ring (bicyclic) bond motifs is 2. The van der Waals surface area contributed by atoms with Gasteiger partial charge < -0.3 is 53.6 Å². The summed E-state index contributed by atoms with van der Waals surface area (Å²) < 4.78 is 45.6. The fourth-order valence-corrected chi connectivity index (χ4v) is 10.4. The van der Waals surface area contributed by atoms with Crippen LogP contribution in [0.5, 0.6) is 0 Å². The molecule has 2 bridgehead atoms. The number of aliphatic hydroxyl groups is 4. The molecule has 4 aliphatic rings. The molecule has 0 amide bonds. The first-order valence-electron chi connectivity index (χ1n) is 20.8. The van der Waals surface area contributed by atoms with E-state index in [0.29, 0.717) is 24.4 Å². The van der Waals surface area contributed by atoms with E-state index in [-0.39, 0.29) is 30.9 Å². The number of rotatable bonds is 11. The summed E-state index contributed by atoms with van der Waals surface area (Å²) in [7, 11) is 3.49. The molecule has 4 N–H and O–H groups in total. The number of methoxy groups -OCH3 is 1. The second kappa shape index (κ2) is 18.3. The Morgan fingerprint density at radius 1 is 1.05 bits per heavy atom. The van der Waals surface area contributed by atoms with Crippen molar-refractivity contribution in [2.24, 2.45) is 23.7 Å². The highest BCUT2D eigenvalue weighted by Crippen LogP contribution is 2.48. The number of hydrogen-bond acceptors (Lipinski definition) is 13. The molecule has 0 aliphatic carbocycles. The fourth-order valence-electron chi connectivity index (χ4n) is 10.2. The smallest absolute Gasteiger partial charge is 0.311 e. The summed E-state index contributed by atoms with van der Waals surface area (Å²) in [6.45, 7) is 18.9. The van der Waals surface area contributed by atoms with Gasteiger partial charge in [0.05, 0.1) is 53.7 Å². The van der Waals surface area contributed by atoms with Crippen molar-refractivity contribution in [2.45, 2.75) is 192 Å². The zero-order valence-electron chi connectivity index (χ0n) is 36.0. The summed E-state index contributed by atoms with van der Waals surface area (Å²) in [6, 6.07) is 7.31. The molecule has 0 spiro atoms. The highest BCUT2D eigenvalue weighted by Gasteiger charge is 2.59. The van der Waals surface area contributed by atoms with Crippen LogP contribution in [0.2, 0.25) is 5.02 Å². The number of carbonyl (C=O) groups is 1. The summed E-state index contributed by atoms with van der Waals surface area (Å²) in [5, 5.41) is 46.6. The standard InChI is InChI=1S/C43H70ClNO12/c1-13-31(46)43(10,50)38-24(4)34-22(2)19-42(9,57-34)37(56-40-33(47)30(17-23(3)52-40)45(11)21-28-15-14-16-29(44)18-28)25(5)35(26(6)39(49)55-38)54-32-20-41(8,51-12)36(48)27(7)53-32/h14-16,18,22-27,30-38,40,46-48,50H,13,17,19-21H2,1-12H3/t22?,23?,24-,25-,26+,27?,30?,31+,32-,33?,34?,35-,36-,37+,38+,40-,41?,42-,43+/m0/s1. The minimum atomic E-state index is -1.81. The predicted octanol–water partition coefficient (Wildman–Crippen LogP) is 4.85. The van der Waals surface area contributed by atoms with E-state index in [9.17, 15) is 25.2 Å². The normalized spacial score (nSPS) is 44.9. The van der Waals surface area contributed by atoms with Crippen molar-refractivity contribution >= 4 is 17.6 Å². The van der Waals surface area contributed by atoms with Gasteiger partial charge in [-0.25, -0.2) is 0 Å². The Morgan fingerprint density at radius 3 is 2.37 bits per heavy atom. The molecule has 0 radical (unpaired) electrons. The molecule has 4 aliphatic heterocycles. The van der Waals surface area contributed by atoms with Crippen molar-refractivity contribution in [1.29, 1.82) is 0 Å². The molecular weight excluding hydrogens is 758 g/mol. The van der Waals surface area contributed by atoms with Crippen LogP contribution in [0.25, 0.3) is 0 Å². The second-order valence-electron chi connectivity index (χ2n) is 18.3. The van der Waals surface area contributed by atoms with Crippen molar-refractivity contribution in [2.75, 3.05) is 14.2 Å². The van der Waals surface area contributed by atoms with Crippen LogP contribution in [-0.4, -0.2) is 136 Å². The van der Waals surface area contributed by atoms with Gasteiger partial charge in [-0.3, -0.25) is 9.69 Å². The Kier molecular flexibility index (Phi) is 14.9. The third-order valence-electron chi connectivity index (χ3n) is 13.6. The lowest BCUT2D eigenvalue weighted by Gasteiger charge is -2.48. The molecule has 4 fully saturated rings.